The second-order valence-electron chi connectivity index (χ2n) is 6.72. The summed E-state index contributed by atoms with van der Waals surface area (Å²) in [6, 6.07) is 0.0906. The van der Waals surface area contributed by atoms with Crippen LogP contribution in [0.25, 0.3) is 0 Å². The maximum atomic E-state index is 12.5. The Morgan fingerprint density at radius 1 is 1.21 bits per heavy atom. The molecular formula is C15H26N4O4S. The molecule has 3 saturated heterocycles. The molecule has 1 unspecified atom stereocenters. The fraction of sp³-hybridized carbons (Fsp3) is 0.867. The Kier molecular flexibility index (Phi) is 5.41. The molecule has 0 aliphatic carbocycles. The molecule has 136 valence electrons. The highest BCUT2D eigenvalue weighted by Gasteiger charge is 2.33. The number of hydrogen-bond acceptors (Lipinski definition) is 5. The number of rotatable bonds is 4. The van der Waals surface area contributed by atoms with Gasteiger partial charge in [-0.3, -0.25) is 9.59 Å². The fourth-order valence-electron chi connectivity index (χ4n) is 3.76. The van der Waals surface area contributed by atoms with Gasteiger partial charge < -0.3 is 15.1 Å². The van der Waals surface area contributed by atoms with Crippen LogP contribution in [0.4, 0.5) is 0 Å². The minimum Gasteiger partial charge on any atom is -0.341 e. The van der Waals surface area contributed by atoms with Crippen molar-refractivity contribution in [3.8, 4) is 0 Å². The lowest BCUT2D eigenvalue weighted by atomic mass is 10.0. The zero-order valence-electron chi connectivity index (χ0n) is 13.9. The summed E-state index contributed by atoms with van der Waals surface area (Å²) in [6.07, 6.45) is 2.68. The van der Waals surface area contributed by atoms with E-state index in [2.05, 4.69) is 5.32 Å². The molecule has 0 radical (unpaired) electrons. The lowest BCUT2D eigenvalue weighted by Crippen LogP contribution is -2.57. The van der Waals surface area contributed by atoms with Gasteiger partial charge >= 0.3 is 0 Å². The van der Waals surface area contributed by atoms with Crippen LogP contribution in [0.1, 0.15) is 25.7 Å². The van der Waals surface area contributed by atoms with Crippen LogP contribution in [0.5, 0.6) is 0 Å². The number of nitrogens with zero attached hydrogens (tertiary/aromatic N) is 3. The summed E-state index contributed by atoms with van der Waals surface area (Å²) in [4.78, 5) is 28.2. The SMILES string of the molecule is O=C(CCN1CCCS1(=O)=O)N1CCCC(N2CCNCC2=O)C1. The third-order valence-electron chi connectivity index (χ3n) is 5.09. The van der Waals surface area contributed by atoms with E-state index in [9.17, 15) is 18.0 Å². The maximum absolute atomic E-state index is 12.5. The normalized spacial score (nSPS) is 28.3. The number of carbonyl (C=O) groups excluding carboxylic acids is 2. The molecule has 0 saturated carbocycles. The summed E-state index contributed by atoms with van der Waals surface area (Å²) in [5.74, 6) is 0.283. The molecule has 3 fully saturated rings. The molecule has 3 rings (SSSR count). The number of piperidine rings is 1. The Hall–Kier alpha value is -1.19. The van der Waals surface area contributed by atoms with Crippen LogP contribution < -0.4 is 5.32 Å². The van der Waals surface area contributed by atoms with Crippen LogP contribution in [0.3, 0.4) is 0 Å². The monoisotopic (exact) mass is 358 g/mol. The van der Waals surface area contributed by atoms with Gasteiger partial charge in [0.15, 0.2) is 0 Å². The first kappa shape index (κ1) is 17.6. The van der Waals surface area contributed by atoms with Crippen molar-refractivity contribution in [3.05, 3.63) is 0 Å². The predicted octanol–water partition coefficient (Wildman–Crippen LogP) is -1.17. The molecule has 3 heterocycles. The third-order valence-corrected chi connectivity index (χ3v) is 7.05. The topological polar surface area (TPSA) is 90.0 Å². The molecule has 0 aromatic rings. The smallest absolute Gasteiger partial charge is 0.236 e. The summed E-state index contributed by atoms with van der Waals surface area (Å²) in [5, 5.41) is 3.06. The molecule has 9 heteroatoms. The predicted molar refractivity (Wildman–Crippen MR) is 88.8 cm³/mol. The molecule has 8 nitrogen and oxygen atoms in total. The summed E-state index contributed by atoms with van der Waals surface area (Å²) < 4.78 is 25.0. The van der Waals surface area contributed by atoms with E-state index in [-0.39, 0.29) is 36.6 Å². The maximum Gasteiger partial charge on any atom is 0.236 e. The molecule has 1 N–H and O–H groups in total. The van der Waals surface area contributed by atoms with Crippen LogP contribution >= 0.6 is 0 Å². The first-order valence-corrected chi connectivity index (χ1v) is 10.3. The molecule has 0 aromatic heterocycles. The third kappa shape index (κ3) is 3.89. The van der Waals surface area contributed by atoms with Gasteiger partial charge in [0.2, 0.25) is 21.8 Å². The number of carbonyl (C=O) groups is 2. The molecule has 1 atom stereocenters. The number of nitrogens with one attached hydrogen (secondary N) is 1. The lowest BCUT2D eigenvalue weighted by molar-refractivity contribution is -0.140. The van der Waals surface area contributed by atoms with E-state index in [4.69, 9.17) is 0 Å². The van der Waals surface area contributed by atoms with Gasteiger partial charge in [-0.25, -0.2) is 12.7 Å². The van der Waals surface area contributed by atoms with Crippen LogP contribution in [0.2, 0.25) is 0 Å². The van der Waals surface area contributed by atoms with Crippen molar-refractivity contribution in [2.75, 3.05) is 51.6 Å². The van der Waals surface area contributed by atoms with E-state index < -0.39 is 10.0 Å². The van der Waals surface area contributed by atoms with Gasteiger partial charge in [0.25, 0.3) is 0 Å². The minimum absolute atomic E-state index is 0.00983. The van der Waals surface area contributed by atoms with Crippen LogP contribution in [-0.4, -0.2) is 91.9 Å². The van der Waals surface area contributed by atoms with Gasteiger partial charge in [-0.1, -0.05) is 0 Å². The van der Waals surface area contributed by atoms with E-state index in [0.717, 1.165) is 19.4 Å². The average molecular weight is 358 g/mol. The highest BCUT2D eigenvalue weighted by Crippen LogP contribution is 2.19. The Morgan fingerprint density at radius 2 is 2.04 bits per heavy atom. The molecule has 3 aliphatic rings. The van der Waals surface area contributed by atoms with E-state index in [0.29, 0.717) is 39.1 Å². The van der Waals surface area contributed by atoms with Crippen molar-refractivity contribution in [1.29, 1.82) is 0 Å². The van der Waals surface area contributed by atoms with Crippen molar-refractivity contribution >= 4 is 21.8 Å². The highest BCUT2D eigenvalue weighted by molar-refractivity contribution is 7.89. The Morgan fingerprint density at radius 3 is 2.75 bits per heavy atom. The van der Waals surface area contributed by atoms with E-state index in [1.54, 1.807) is 4.90 Å². The van der Waals surface area contributed by atoms with Crippen molar-refractivity contribution in [2.45, 2.75) is 31.7 Å². The molecule has 2 amide bonds. The summed E-state index contributed by atoms with van der Waals surface area (Å²) in [7, 11) is -3.15. The Labute approximate surface area is 143 Å². The highest BCUT2D eigenvalue weighted by atomic mass is 32.2. The van der Waals surface area contributed by atoms with Gasteiger partial charge in [0.1, 0.15) is 0 Å². The second-order valence-corrected chi connectivity index (χ2v) is 8.81. The Bertz CT molecular complexity index is 594. The van der Waals surface area contributed by atoms with Gasteiger partial charge in [0.05, 0.1) is 12.3 Å². The fourth-order valence-corrected chi connectivity index (χ4v) is 5.29. The first-order chi connectivity index (χ1) is 11.5. The molecule has 0 aromatic carbocycles. The zero-order valence-corrected chi connectivity index (χ0v) is 14.8. The lowest BCUT2D eigenvalue weighted by Gasteiger charge is -2.41. The number of sulfonamides is 1. The van der Waals surface area contributed by atoms with Gasteiger partial charge in [0, 0.05) is 51.7 Å². The largest absolute Gasteiger partial charge is 0.341 e. The number of piperazine rings is 1. The van der Waals surface area contributed by atoms with Crippen LogP contribution in [0.15, 0.2) is 0 Å². The standard InChI is InChI=1S/C15H26N4O4S/c20-14(4-8-18-7-2-10-24(18,22)23)17-6-1-3-13(12-17)19-9-5-16-11-15(19)21/h13,16H,1-12H2. The van der Waals surface area contributed by atoms with Gasteiger partial charge in [-0.2, -0.15) is 0 Å². The quantitative estimate of drug-likeness (QED) is 0.684. The van der Waals surface area contributed by atoms with Crippen molar-refractivity contribution < 1.29 is 18.0 Å². The molecule has 0 bridgehead atoms. The zero-order chi connectivity index (χ0) is 17.2. The average Bonchev–Trinajstić information content (AvgIpc) is 2.91. The Balaban J connectivity index is 1.52. The van der Waals surface area contributed by atoms with Crippen molar-refractivity contribution in [1.82, 2.24) is 19.4 Å². The number of likely N-dealkylation sites (tertiary alicyclic amines) is 1. The first-order valence-electron chi connectivity index (χ1n) is 8.73. The van der Waals surface area contributed by atoms with E-state index >= 15 is 0 Å². The van der Waals surface area contributed by atoms with Crippen LogP contribution in [0, 0.1) is 0 Å². The summed E-state index contributed by atoms with van der Waals surface area (Å²) >= 11 is 0. The van der Waals surface area contributed by atoms with E-state index in [1.807, 2.05) is 4.90 Å². The summed E-state index contributed by atoms with van der Waals surface area (Å²) in [5.41, 5.74) is 0. The molecule has 3 aliphatic heterocycles. The molecular weight excluding hydrogens is 332 g/mol. The van der Waals surface area contributed by atoms with Crippen LogP contribution in [-0.2, 0) is 19.6 Å². The minimum atomic E-state index is -3.15. The van der Waals surface area contributed by atoms with E-state index in [1.165, 1.54) is 4.31 Å². The number of amides is 2. The molecule has 24 heavy (non-hydrogen) atoms. The summed E-state index contributed by atoms with van der Waals surface area (Å²) in [6.45, 7) is 3.92. The second kappa shape index (κ2) is 7.37. The van der Waals surface area contributed by atoms with Gasteiger partial charge in [-0.15, -0.1) is 0 Å². The number of hydrogen-bond donors (Lipinski definition) is 1. The molecule has 0 spiro atoms. The van der Waals surface area contributed by atoms with Gasteiger partial charge in [-0.05, 0) is 19.3 Å². The van der Waals surface area contributed by atoms with Crippen molar-refractivity contribution in [2.24, 2.45) is 0 Å². The van der Waals surface area contributed by atoms with Crippen molar-refractivity contribution in [3.63, 3.8) is 0 Å².